The quantitative estimate of drug-likeness (QED) is 0.816. The van der Waals surface area contributed by atoms with Crippen molar-refractivity contribution in [3.63, 3.8) is 0 Å². The van der Waals surface area contributed by atoms with E-state index in [-0.39, 0.29) is 35.9 Å². The molecule has 3 rings (SSSR count). The number of nitrogens with two attached hydrogens (primary N) is 1. The van der Waals surface area contributed by atoms with Gasteiger partial charge in [-0.1, -0.05) is 18.2 Å². The van der Waals surface area contributed by atoms with E-state index in [9.17, 15) is 16.8 Å². The summed E-state index contributed by atoms with van der Waals surface area (Å²) in [6, 6.07) is 8.47. The molecule has 0 amide bonds. The number of rotatable bonds is 5. The van der Waals surface area contributed by atoms with Crippen LogP contribution in [-0.2, 0) is 19.9 Å². The molecule has 1 fully saturated rings. The van der Waals surface area contributed by atoms with Crippen molar-refractivity contribution in [2.75, 3.05) is 24.6 Å². The molecule has 25 heavy (non-hydrogen) atoms. The van der Waals surface area contributed by atoms with E-state index < -0.39 is 25.4 Å². The minimum Gasteiger partial charge on any atom is -0.329 e. The van der Waals surface area contributed by atoms with Crippen molar-refractivity contribution in [2.24, 2.45) is 5.73 Å². The number of sulfonamides is 1. The molecule has 1 aromatic carbocycles. The van der Waals surface area contributed by atoms with Gasteiger partial charge in [-0.05, 0) is 25.5 Å². The molecule has 0 saturated carbocycles. The molecule has 2 N–H and O–H groups in total. The summed E-state index contributed by atoms with van der Waals surface area (Å²) < 4.78 is 51.9. The molecule has 1 aromatic heterocycles. The molecule has 1 atom stereocenters. The van der Waals surface area contributed by atoms with Crippen LogP contribution in [0.4, 0.5) is 0 Å². The van der Waals surface area contributed by atoms with E-state index in [2.05, 4.69) is 4.98 Å². The van der Waals surface area contributed by atoms with Crippen molar-refractivity contribution in [3.05, 3.63) is 36.5 Å². The summed E-state index contributed by atoms with van der Waals surface area (Å²) in [6.45, 7) is 1.83. The van der Waals surface area contributed by atoms with E-state index >= 15 is 0 Å². The van der Waals surface area contributed by atoms with Crippen LogP contribution in [0.1, 0.15) is 13.3 Å². The number of nitrogens with zero attached hydrogens (tertiary/aromatic N) is 2. The van der Waals surface area contributed by atoms with Gasteiger partial charge in [-0.25, -0.2) is 16.8 Å². The Labute approximate surface area is 147 Å². The molecule has 0 radical (unpaired) electrons. The minimum atomic E-state index is -3.96. The van der Waals surface area contributed by atoms with Gasteiger partial charge in [0.05, 0.1) is 17.0 Å². The largest absolute Gasteiger partial charge is 0.329 e. The lowest BCUT2D eigenvalue weighted by Crippen LogP contribution is -2.52. The van der Waals surface area contributed by atoms with Gasteiger partial charge in [0.25, 0.3) is 0 Å². The van der Waals surface area contributed by atoms with Crippen molar-refractivity contribution < 1.29 is 16.8 Å². The van der Waals surface area contributed by atoms with Crippen molar-refractivity contribution in [1.82, 2.24) is 9.29 Å². The van der Waals surface area contributed by atoms with Gasteiger partial charge in [-0.15, -0.1) is 0 Å². The van der Waals surface area contributed by atoms with E-state index in [1.807, 2.05) is 0 Å². The Kier molecular flexibility index (Phi) is 4.61. The maximum absolute atomic E-state index is 13.4. The Hall–Kier alpha value is -1.55. The summed E-state index contributed by atoms with van der Waals surface area (Å²) in [6.07, 6.45) is 1.79. The molecule has 0 spiro atoms. The monoisotopic (exact) mass is 383 g/mol. The van der Waals surface area contributed by atoms with E-state index in [4.69, 9.17) is 5.73 Å². The van der Waals surface area contributed by atoms with Gasteiger partial charge < -0.3 is 5.73 Å². The first-order chi connectivity index (χ1) is 11.7. The molecular weight excluding hydrogens is 362 g/mol. The molecule has 1 aliphatic rings. The second kappa shape index (κ2) is 6.31. The smallest absolute Gasteiger partial charge is 0.245 e. The topological polar surface area (TPSA) is 110 Å². The average Bonchev–Trinajstić information content (AvgIpc) is 2.85. The molecule has 2 aromatic rings. The Morgan fingerprint density at radius 3 is 2.64 bits per heavy atom. The Bertz CT molecular complexity index is 1000. The van der Waals surface area contributed by atoms with Gasteiger partial charge >= 0.3 is 0 Å². The number of hydrogen-bond acceptors (Lipinski definition) is 6. The number of pyridine rings is 1. The molecule has 9 heteroatoms. The van der Waals surface area contributed by atoms with Crippen LogP contribution in [0.15, 0.2) is 41.4 Å². The van der Waals surface area contributed by atoms with Crippen LogP contribution in [-0.4, -0.2) is 56.3 Å². The second-order valence-corrected chi connectivity index (χ2v) is 10.6. The number of sulfone groups is 1. The standard InChI is InChI=1S/C16H21N3O4S2/c1-16(7-11-24(20,21)12-16)19(10-8-17)25(22,23)14-6-2-4-13-5-3-9-18-15(13)14/h2-6,9H,7-8,10-12,17H2,1H3/t16-/m0/s1. The summed E-state index contributed by atoms with van der Waals surface area (Å²) >= 11 is 0. The number of fused-ring (bicyclic) bond motifs is 1. The summed E-state index contributed by atoms with van der Waals surface area (Å²) in [5.74, 6) is -0.217. The zero-order valence-corrected chi connectivity index (χ0v) is 15.6. The van der Waals surface area contributed by atoms with Crippen molar-refractivity contribution in [2.45, 2.75) is 23.8 Å². The lowest BCUT2D eigenvalue weighted by Gasteiger charge is -2.36. The fourth-order valence-corrected chi connectivity index (χ4v) is 7.60. The maximum atomic E-state index is 13.4. The van der Waals surface area contributed by atoms with Crippen LogP contribution in [0.3, 0.4) is 0 Å². The molecule has 1 aliphatic heterocycles. The molecule has 0 bridgehead atoms. The fourth-order valence-electron chi connectivity index (χ4n) is 3.39. The lowest BCUT2D eigenvalue weighted by molar-refractivity contribution is 0.238. The van der Waals surface area contributed by atoms with E-state index in [0.29, 0.717) is 10.9 Å². The third kappa shape index (κ3) is 3.29. The SMILES string of the molecule is C[C@]1(N(CCN)S(=O)(=O)c2cccc3cccnc23)CCS(=O)(=O)C1. The summed E-state index contributed by atoms with van der Waals surface area (Å²) in [5, 5.41) is 0.709. The first-order valence-electron chi connectivity index (χ1n) is 7.97. The molecular formula is C16H21N3O4S2. The van der Waals surface area contributed by atoms with Crippen molar-refractivity contribution in [3.8, 4) is 0 Å². The van der Waals surface area contributed by atoms with E-state index in [1.165, 1.54) is 16.6 Å². The summed E-state index contributed by atoms with van der Waals surface area (Å²) in [5.41, 5.74) is 5.01. The molecule has 2 heterocycles. The van der Waals surface area contributed by atoms with Gasteiger partial charge in [0, 0.05) is 30.2 Å². The molecule has 1 saturated heterocycles. The van der Waals surface area contributed by atoms with Gasteiger partial charge in [-0.3, -0.25) is 4.98 Å². The molecule has 0 aliphatic carbocycles. The Morgan fingerprint density at radius 2 is 2.00 bits per heavy atom. The zero-order valence-electron chi connectivity index (χ0n) is 13.9. The molecule has 7 nitrogen and oxygen atoms in total. The summed E-state index contributed by atoms with van der Waals surface area (Å²) in [4.78, 5) is 4.29. The van der Waals surface area contributed by atoms with Gasteiger partial charge in [0.2, 0.25) is 10.0 Å². The highest BCUT2D eigenvalue weighted by atomic mass is 32.2. The van der Waals surface area contributed by atoms with Crippen molar-refractivity contribution >= 4 is 30.8 Å². The predicted molar refractivity (Wildman–Crippen MR) is 96.4 cm³/mol. The van der Waals surface area contributed by atoms with Crippen LogP contribution < -0.4 is 5.73 Å². The Morgan fingerprint density at radius 1 is 1.28 bits per heavy atom. The van der Waals surface area contributed by atoms with Crippen LogP contribution >= 0.6 is 0 Å². The van der Waals surface area contributed by atoms with Crippen LogP contribution in [0, 0.1) is 0 Å². The van der Waals surface area contributed by atoms with E-state index in [0.717, 1.165) is 0 Å². The fraction of sp³-hybridized carbons (Fsp3) is 0.438. The second-order valence-electron chi connectivity index (χ2n) is 6.54. The molecule has 136 valence electrons. The number of aromatic nitrogens is 1. The van der Waals surface area contributed by atoms with E-state index in [1.54, 1.807) is 31.2 Å². The van der Waals surface area contributed by atoms with Gasteiger partial charge in [0.15, 0.2) is 9.84 Å². The van der Waals surface area contributed by atoms with Crippen LogP contribution in [0.2, 0.25) is 0 Å². The van der Waals surface area contributed by atoms with Crippen LogP contribution in [0.5, 0.6) is 0 Å². The highest BCUT2D eigenvalue weighted by Gasteiger charge is 2.48. The van der Waals surface area contributed by atoms with Crippen molar-refractivity contribution in [1.29, 1.82) is 0 Å². The summed E-state index contributed by atoms with van der Waals surface area (Å²) in [7, 11) is -7.22. The van der Waals surface area contributed by atoms with Gasteiger partial charge in [0.1, 0.15) is 4.90 Å². The number of para-hydroxylation sites is 1. The van der Waals surface area contributed by atoms with Gasteiger partial charge in [-0.2, -0.15) is 4.31 Å². The normalized spacial score (nSPS) is 23.3. The zero-order chi connectivity index (χ0) is 18.3. The lowest BCUT2D eigenvalue weighted by atomic mass is 10.0. The molecule has 0 unspecified atom stereocenters. The highest BCUT2D eigenvalue weighted by Crippen LogP contribution is 2.35. The number of benzene rings is 1. The first-order valence-corrected chi connectivity index (χ1v) is 11.2. The highest BCUT2D eigenvalue weighted by molar-refractivity contribution is 7.92. The number of hydrogen-bond donors (Lipinski definition) is 1. The predicted octanol–water partition coefficient (Wildman–Crippen LogP) is 0.761. The minimum absolute atomic E-state index is 0.0200. The maximum Gasteiger partial charge on any atom is 0.245 e. The first kappa shape index (κ1) is 18.2. The Balaban J connectivity index is 2.15. The third-order valence-corrected chi connectivity index (χ3v) is 8.56. The van der Waals surface area contributed by atoms with Crippen LogP contribution in [0.25, 0.3) is 10.9 Å². The third-order valence-electron chi connectivity index (χ3n) is 4.58. The average molecular weight is 383 g/mol.